The van der Waals surface area contributed by atoms with E-state index in [2.05, 4.69) is 10.3 Å². The van der Waals surface area contributed by atoms with Gasteiger partial charge in [-0.2, -0.15) is 0 Å². The third-order valence-corrected chi connectivity index (χ3v) is 2.73. The average Bonchev–Trinajstić information content (AvgIpc) is 2.42. The van der Waals surface area contributed by atoms with Crippen molar-refractivity contribution in [1.29, 1.82) is 0 Å². The molecule has 1 saturated heterocycles. The molecule has 0 bridgehead atoms. The van der Waals surface area contributed by atoms with Crippen LogP contribution in [0.15, 0.2) is 4.99 Å². The van der Waals surface area contributed by atoms with Crippen molar-refractivity contribution in [2.45, 2.75) is 44.8 Å². The first-order valence-corrected chi connectivity index (χ1v) is 4.97. The number of hydrogen-bond acceptors (Lipinski definition) is 3. The average molecular weight is 203 g/mol. The topological polar surface area (TPSA) is 27.6 Å². The highest BCUT2D eigenvalue weighted by atomic mass is 19.3. The molecule has 3 nitrogen and oxygen atoms in total. The number of aliphatic imine (C=N–C) groups is 1. The largest absolute Gasteiger partial charge is 0.352 e. The number of nitrogens with one attached hydrogen (secondary N) is 1. The van der Waals surface area contributed by atoms with Crippen LogP contribution in [0.25, 0.3) is 0 Å². The second-order valence-electron chi connectivity index (χ2n) is 4.14. The van der Waals surface area contributed by atoms with Gasteiger partial charge in [0, 0.05) is 12.6 Å². The van der Waals surface area contributed by atoms with Crippen LogP contribution in [0.3, 0.4) is 0 Å². The SMILES string of the molecule is CC1CC(C(F)F)N2CC(C)NC2=N1. The lowest BCUT2D eigenvalue weighted by Crippen LogP contribution is -2.48. The quantitative estimate of drug-likeness (QED) is 0.690. The lowest BCUT2D eigenvalue weighted by Gasteiger charge is -2.33. The summed E-state index contributed by atoms with van der Waals surface area (Å²) < 4.78 is 25.5. The number of rotatable bonds is 1. The van der Waals surface area contributed by atoms with E-state index < -0.39 is 12.5 Å². The van der Waals surface area contributed by atoms with Crippen molar-refractivity contribution >= 4 is 5.96 Å². The van der Waals surface area contributed by atoms with Gasteiger partial charge in [-0.1, -0.05) is 0 Å². The fraction of sp³-hybridized carbons (Fsp3) is 0.889. The first-order valence-electron chi connectivity index (χ1n) is 4.97. The molecule has 0 spiro atoms. The molecule has 0 aromatic rings. The minimum Gasteiger partial charge on any atom is -0.352 e. The van der Waals surface area contributed by atoms with E-state index >= 15 is 0 Å². The lowest BCUT2D eigenvalue weighted by molar-refractivity contribution is 0.0478. The zero-order valence-electron chi connectivity index (χ0n) is 8.37. The molecule has 1 fully saturated rings. The molecular weight excluding hydrogens is 188 g/mol. The first kappa shape index (κ1) is 9.68. The Morgan fingerprint density at radius 1 is 1.50 bits per heavy atom. The Morgan fingerprint density at radius 3 is 2.86 bits per heavy atom. The van der Waals surface area contributed by atoms with Gasteiger partial charge < -0.3 is 10.2 Å². The van der Waals surface area contributed by atoms with E-state index in [0.717, 1.165) is 0 Å². The third-order valence-electron chi connectivity index (χ3n) is 2.73. The van der Waals surface area contributed by atoms with Crippen molar-refractivity contribution in [3.8, 4) is 0 Å². The molecule has 2 rings (SSSR count). The Kier molecular flexibility index (Phi) is 2.33. The maximum absolute atomic E-state index is 12.7. The van der Waals surface area contributed by atoms with Gasteiger partial charge in [-0.3, -0.25) is 0 Å². The van der Waals surface area contributed by atoms with Crippen LogP contribution < -0.4 is 5.32 Å². The van der Waals surface area contributed by atoms with Crippen LogP contribution >= 0.6 is 0 Å². The Morgan fingerprint density at radius 2 is 2.21 bits per heavy atom. The Bertz CT molecular complexity index is 254. The van der Waals surface area contributed by atoms with Crippen LogP contribution in [0.2, 0.25) is 0 Å². The number of hydrogen-bond donors (Lipinski definition) is 1. The van der Waals surface area contributed by atoms with E-state index in [1.54, 1.807) is 4.90 Å². The highest BCUT2D eigenvalue weighted by Crippen LogP contribution is 2.24. The fourth-order valence-corrected chi connectivity index (χ4v) is 2.11. The van der Waals surface area contributed by atoms with Gasteiger partial charge in [0.2, 0.25) is 0 Å². The summed E-state index contributed by atoms with van der Waals surface area (Å²) in [5.74, 6) is 0.654. The van der Waals surface area contributed by atoms with Crippen LogP contribution in [0.5, 0.6) is 0 Å². The molecular formula is C9H15F2N3. The third kappa shape index (κ3) is 1.55. The second-order valence-corrected chi connectivity index (χ2v) is 4.14. The van der Waals surface area contributed by atoms with E-state index in [1.165, 1.54) is 0 Å². The molecule has 2 heterocycles. The molecule has 3 atom stereocenters. The van der Waals surface area contributed by atoms with Gasteiger partial charge in [0.15, 0.2) is 5.96 Å². The zero-order chi connectivity index (χ0) is 10.3. The van der Waals surface area contributed by atoms with Crippen LogP contribution in [-0.4, -0.2) is 42.0 Å². The second kappa shape index (κ2) is 3.37. The molecule has 80 valence electrons. The summed E-state index contributed by atoms with van der Waals surface area (Å²) in [4.78, 5) is 6.03. The molecule has 0 aromatic heterocycles. The van der Waals surface area contributed by atoms with Crippen LogP contribution in [0.1, 0.15) is 20.3 Å². The minimum absolute atomic E-state index is 0.00181. The summed E-state index contributed by atoms with van der Waals surface area (Å²) in [6.07, 6.45) is -1.83. The molecule has 2 aliphatic rings. The van der Waals surface area contributed by atoms with E-state index in [1.807, 2.05) is 13.8 Å². The molecule has 0 aliphatic carbocycles. The zero-order valence-corrected chi connectivity index (χ0v) is 8.37. The Labute approximate surface area is 82.2 Å². The van der Waals surface area contributed by atoms with E-state index in [0.29, 0.717) is 18.9 Å². The Balaban J connectivity index is 2.20. The number of halogens is 2. The molecule has 5 heteroatoms. The number of guanidine groups is 1. The van der Waals surface area contributed by atoms with Gasteiger partial charge in [-0.25, -0.2) is 13.8 Å². The summed E-state index contributed by atoms with van der Waals surface area (Å²) in [6, 6.07) is -0.437. The summed E-state index contributed by atoms with van der Waals surface area (Å²) >= 11 is 0. The summed E-state index contributed by atoms with van der Waals surface area (Å²) in [5, 5.41) is 3.11. The van der Waals surface area contributed by atoms with Crippen LogP contribution in [-0.2, 0) is 0 Å². The predicted octanol–water partition coefficient (Wildman–Crippen LogP) is 1.06. The number of fused-ring (bicyclic) bond motifs is 1. The minimum atomic E-state index is -2.28. The first-order chi connectivity index (χ1) is 6.58. The lowest BCUT2D eigenvalue weighted by atomic mass is 10.1. The van der Waals surface area contributed by atoms with Crippen molar-refractivity contribution < 1.29 is 8.78 Å². The van der Waals surface area contributed by atoms with E-state index in [4.69, 9.17) is 0 Å². The number of alkyl halides is 2. The fourth-order valence-electron chi connectivity index (χ4n) is 2.11. The van der Waals surface area contributed by atoms with E-state index in [9.17, 15) is 8.78 Å². The van der Waals surface area contributed by atoms with Gasteiger partial charge in [0.1, 0.15) is 0 Å². The molecule has 0 radical (unpaired) electrons. The van der Waals surface area contributed by atoms with Crippen molar-refractivity contribution in [3.05, 3.63) is 0 Å². The highest BCUT2D eigenvalue weighted by molar-refractivity contribution is 5.83. The molecule has 0 saturated carbocycles. The normalized spacial score (nSPS) is 36.8. The smallest absolute Gasteiger partial charge is 0.258 e. The van der Waals surface area contributed by atoms with Crippen LogP contribution in [0.4, 0.5) is 8.78 Å². The highest BCUT2D eigenvalue weighted by Gasteiger charge is 2.39. The molecule has 1 N–H and O–H groups in total. The van der Waals surface area contributed by atoms with Crippen molar-refractivity contribution in [2.24, 2.45) is 4.99 Å². The molecule has 3 unspecified atom stereocenters. The molecule has 0 amide bonds. The van der Waals surface area contributed by atoms with Gasteiger partial charge in [0.05, 0.1) is 12.1 Å². The number of nitrogens with zero attached hydrogens (tertiary/aromatic N) is 2. The van der Waals surface area contributed by atoms with Crippen molar-refractivity contribution in [2.75, 3.05) is 6.54 Å². The predicted molar refractivity (Wildman–Crippen MR) is 50.6 cm³/mol. The monoisotopic (exact) mass is 203 g/mol. The van der Waals surface area contributed by atoms with Crippen molar-refractivity contribution in [1.82, 2.24) is 10.2 Å². The summed E-state index contributed by atoms with van der Waals surface area (Å²) in [6.45, 7) is 4.50. The van der Waals surface area contributed by atoms with Crippen LogP contribution in [0, 0.1) is 0 Å². The Hall–Kier alpha value is -0.870. The van der Waals surface area contributed by atoms with Gasteiger partial charge in [-0.15, -0.1) is 0 Å². The van der Waals surface area contributed by atoms with Gasteiger partial charge in [-0.05, 0) is 20.3 Å². The molecule has 2 aliphatic heterocycles. The standard InChI is InChI=1S/C9H15F2N3/c1-5-3-7(8(10)11)14-4-6(2)13-9(14)12-5/h5-8H,3-4H2,1-2H3,(H,12,13). The molecule has 0 aromatic carbocycles. The molecule has 14 heavy (non-hydrogen) atoms. The van der Waals surface area contributed by atoms with E-state index in [-0.39, 0.29) is 12.1 Å². The van der Waals surface area contributed by atoms with Gasteiger partial charge in [0.25, 0.3) is 6.43 Å². The maximum Gasteiger partial charge on any atom is 0.258 e. The van der Waals surface area contributed by atoms with Gasteiger partial charge >= 0.3 is 0 Å². The maximum atomic E-state index is 12.7. The summed E-state index contributed by atoms with van der Waals surface area (Å²) in [7, 11) is 0. The van der Waals surface area contributed by atoms with Crippen molar-refractivity contribution in [3.63, 3.8) is 0 Å². The summed E-state index contributed by atoms with van der Waals surface area (Å²) in [5.41, 5.74) is 0.